The lowest BCUT2D eigenvalue weighted by Crippen LogP contribution is -2.25. The van der Waals surface area contributed by atoms with E-state index < -0.39 is 12.1 Å². The van der Waals surface area contributed by atoms with E-state index in [1.54, 1.807) is 6.92 Å². The summed E-state index contributed by atoms with van der Waals surface area (Å²) in [6.07, 6.45) is -0.240. The first-order valence-corrected chi connectivity index (χ1v) is 5.34. The van der Waals surface area contributed by atoms with Crippen molar-refractivity contribution in [2.45, 2.75) is 25.5 Å². The molecular weight excluding hydrogens is 237 g/mol. The van der Waals surface area contributed by atoms with Gasteiger partial charge in [-0.3, -0.25) is 0 Å². The van der Waals surface area contributed by atoms with Gasteiger partial charge in [-0.1, -0.05) is 30.1 Å². The summed E-state index contributed by atoms with van der Waals surface area (Å²) in [6, 6.07) is 2.24. The Kier molecular flexibility index (Phi) is 4.22. The Labute approximate surface area is 98.4 Å². The fourth-order valence-corrected chi connectivity index (χ4v) is 1.81. The predicted molar refractivity (Wildman–Crippen MR) is 61.4 cm³/mol. The highest BCUT2D eigenvalue weighted by Gasteiger charge is 2.20. The van der Waals surface area contributed by atoms with Gasteiger partial charge in [0.2, 0.25) is 0 Å². The highest BCUT2D eigenvalue weighted by atomic mass is 35.5. The van der Waals surface area contributed by atoms with Gasteiger partial charge in [0.25, 0.3) is 0 Å². The summed E-state index contributed by atoms with van der Waals surface area (Å²) in [5.74, 6) is -0.124. The van der Waals surface area contributed by atoms with E-state index in [0.29, 0.717) is 17.0 Å². The summed E-state index contributed by atoms with van der Waals surface area (Å²) in [7, 11) is 0. The molecule has 15 heavy (non-hydrogen) atoms. The van der Waals surface area contributed by atoms with Crippen LogP contribution >= 0.6 is 23.2 Å². The lowest BCUT2D eigenvalue weighted by atomic mass is 10.00. The van der Waals surface area contributed by atoms with Crippen LogP contribution in [0.15, 0.2) is 12.1 Å². The van der Waals surface area contributed by atoms with Crippen molar-refractivity contribution in [1.29, 1.82) is 0 Å². The van der Waals surface area contributed by atoms with Crippen LogP contribution in [0.1, 0.15) is 24.9 Å². The number of phenols is 1. The van der Waals surface area contributed by atoms with Gasteiger partial charge in [0.15, 0.2) is 0 Å². The lowest BCUT2D eigenvalue weighted by molar-refractivity contribution is 0.139. The summed E-state index contributed by atoms with van der Waals surface area (Å²) in [5, 5.41) is 19.7. The van der Waals surface area contributed by atoms with E-state index in [2.05, 4.69) is 0 Å². The summed E-state index contributed by atoms with van der Waals surface area (Å²) >= 11 is 11.5. The van der Waals surface area contributed by atoms with Crippen molar-refractivity contribution in [3.63, 3.8) is 0 Å². The molecule has 0 aromatic heterocycles. The van der Waals surface area contributed by atoms with Crippen molar-refractivity contribution in [1.82, 2.24) is 0 Å². The average Bonchev–Trinajstić information content (AvgIpc) is 2.21. The standard InChI is InChI=1S/C10H13Cl2NO2/c1-2-8(14)9(13)6-3-5(11)4-7(12)10(6)15/h3-4,8-9,14-15H,2,13H2,1H3/t8-,9+/m0/s1. The van der Waals surface area contributed by atoms with Crippen LogP contribution in [0.2, 0.25) is 10.0 Å². The molecule has 5 heteroatoms. The third kappa shape index (κ3) is 2.75. The molecule has 0 aliphatic rings. The fraction of sp³-hybridized carbons (Fsp3) is 0.400. The maximum absolute atomic E-state index is 9.66. The third-order valence-electron chi connectivity index (χ3n) is 2.25. The number of aliphatic hydroxyl groups is 1. The van der Waals surface area contributed by atoms with Crippen molar-refractivity contribution >= 4 is 23.2 Å². The van der Waals surface area contributed by atoms with Gasteiger partial charge in [0.1, 0.15) is 5.75 Å². The van der Waals surface area contributed by atoms with E-state index in [1.807, 2.05) is 0 Å². The predicted octanol–water partition coefficient (Wildman–Crippen LogP) is 2.47. The van der Waals surface area contributed by atoms with E-state index in [0.717, 1.165) is 0 Å². The molecular formula is C10H13Cl2NO2. The van der Waals surface area contributed by atoms with Crippen molar-refractivity contribution < 1.29 is 10.2 Å². The SMILES string of the molecule is CC[C@H](O)[C@H](N)c1cc(Cl)cc(Cl)c1O. The zero-order valence-electron chi connectivity index (χ0n) is 8.24. The zero-order chi connectivity index (χ0) is 11.6. The first kappa shape index (κ1) is 12.6. The average molecular weight is 250 g/mol. The Bertz CT molecular complexity index is 358. The quantitative estimate of drug-likeness (QED) is 0.771. The van der Waals surface area contributed by atoms with Gasteiger partial charge in [-0.25, -0.2) is 0 Å². The van der Waals surface area contributed by atoms with Crippen molar-refractivity contribution in [3.8, 4) is 5.75 Å². The third-order valence-corrected chi connectivity index (χ3v) is 2.76. The van der Waals surface area contributed by atoms with Crippen LogP contribution in [0.5, 0.6) is 5.75 Å². The van der Waals surface area contributed by atoms with Gasteiger partial charge >= 0.3 is 0 Å². The van der Waals surface area contributed by atoms with Crippen molar-refractivity contribution in [3.05, 3.63) is 27.7 Å². The van der Waals surface area contributed by atoms with Crippen LogP contribution in [0, 0.1) is 0 Å². The Morgan fingerprint density at radius 1 is 1.40 bits per heavy atom. The number of halogens is 2. The molecule has 0 radical (unpaired) electrons. The molecule has 0 aliphatic carbocycles. The summed E-state index contributed by atoms with van der Waals surface area (Å²) < 4.78 is 0. The minimum Gasteiger partial charge on any atom is -0.506 e. The highest BCUT2D eigenvalue weighted by molar-refractivity contribution is 6.35. The molecule has 1 aromatic rings. The molecule has 1 aromatic carbocycles. The number of benzene rings is 1. The molecule has 0 unspecified atom stereocenters. The van der Waals surface area contributed by atoms with Gasteiger partial charge < -0.3 is 15.9 Å². The van der Waals surface area contributed by atoms with Gasteiger partial charge in [-0.05, 0) is 18.6 Å². The molecule has 84 valence electrons. The molecule has 0 heterocycles. The number of phenolic OH excluding ortho intramolecular Hbond substituents is 1. The molecule has 0 saturated carbocycles. The molecule has 0 spiro atoms. The number of aromatic hydroxyl groups is 1. The summed E-state index contributed by atoms with van der Waals surface area (Å²) in [6.45, 7) is 1.80. The van der Waals surface area contributed by atoms with Crippen molar-refractivity contribution in [2.24, 2.45) is 5.73 Å². The van der Waals surface area contributed by atoms with Crippen LogP contribution in [0.4, 0.5) is 0 Å². The van der Waals surface area contributed by atoms with Crippen LogP contribution in [-0.4, -0.2) is 16.3 Å². The first-order chi connectivity index (χ1) is 6.97. The monoisotopic (exact) mass is 249 g/mol. The lowest BCUT2D eigenvalue weighted by Gasteiger charge is -2.19. The minimum absolute atomic E-state index is 0.124. The largest absolute Gasteiger partial charge is 0.506 e. The van der Waals surface area contributed by atoms with Gasteiger partial charge in [0, 0.05) is 10.6 Å². The van der Waals surface area contributed by atoms with Gasteiger partial charge in [-0.2, -0.15) is 0 Å². The smallest absolute Gasteiger partial charge is 0.139 e. The Morgan fingerprint density at radius 2 is 2.00 bits per heavy atom. The highest BCUT2D eigenvalue weighted by Crippen LogP contribution is 2.35. The molecule has 0 fully saturated rings. The molecule has 4 N–H and O–H groups in total. The van der Waals surface area contributed by atoms with Crippen LogP contribution in [0.3, 0.4) is 0 Å². The normalized spacial score (nSPS) is 15.0. The van der Waals surface area contributed by atoms with E-state index in [-0.39, 0.29) is 10.8 Å². The zero-order valence-corrected chi connectivity index (χ0v) is 9.76. The second-order valence-corrected chi connectivity index (χ2v) is 4.17. The fourth-order valence-electron chi connectivity index (χ4n) is 1.30. The van der Waals surface area contributed by atoms with E-state index in [9.17, 15) is 10.2 Å². The Morgan fingerprint density at radius 3 is 2.53 bits per heavy atom. The van der Waals surface area contributed by atoms with Crippen LogP contribution in [-0.2, 0) is 0 Å². The van der Waals surface area contributed by atoms with Gasteiger partial charge in [-0.15, -0.1) is 0 Å². The van der Waals surface area contributed by atoms with E-state index >= 15 is 0 Å². The van der Waals surface area contributed by atoms with Gasteiger partial charge in [0.05, 0.1) is 17.2 Å². The number of rotatable bonds is 3. The second-order valence-electron chi connectivity index (χ2n) is 3.33. The van der Waals surface area contributed by atoms with Crippen molar-refractivity contribution in [2.75, 3.05) is 0 Å². The number of aliphatic hydroxyl groups excluding tert-OH is 1. The number of hydrogen-bond donors (Lipinski definition) is 3. The minimum atomic E-state index is -0.731. The van der Waals surface area contributed by atoms with E-state index in [4.69, 9.17) is 28.9 Å². The Balaban J connectivity index is 3.13. The Hall–Kier alpha value is -0.480. The topological polar surface area (TPSA) is 66.5 Å². The molecule has 2 atom stereocenters. The number of hydrogen-bond acceptors (Lipinski definition) is 3. The summed E-state index contributed by atoms with van der Waals surface area (Å²) in [4.78, 5) is 0. The second kappa shape index (κ2) is 5.03. The summed E-state index contributed by atoms with van der Waals surface area (Å²) in [5.41, 5.74) is 6.12. The van der Waals surface area contributed by atoms with E-state index in [1.165, 1.54) is 12.1 Å². The molecule has 0 saturated heterocycles. The molecule has 3 nitrogen and oxygen atoms in total. The number of nitrogens with two attached hydrogens (primary N) is 1. The molecule has 0 bridgehead atoms. The molecule has 1 rings (SSSR count). The van der Waals surface area contributed by atoms with Crippen LogP contribution in [0.25, 0.3) is 0 Å². The van der Waals surface area contributed by atoms with Crippen LogP contribution < -0.4 is 5.73 Å². The maximum atomic E-state index is 9.66. The maximum Gasteiger partial charge on any atom is 0.139 e. The molecule has 0 amide bonds. The molecule has 0 aliphatic heterocycles. The first-order valence-electron chi connectivity index (χ1n) is 4.59.